The molecule has 0 amide bonds. The average Bonchev–Trinajstić information content (AvgIpc) is 3.24. The van der Waals surface area contributed by atoms with Gasteiger partial charge in [-0.1, -0.05) is 61.2 Å². The van der Waals surface area contributed by atoms with Gasteiger partial charge in [0.25, 0.3) is 0 Å². The molecule has 5 rings (SSSR count). The Kier molecular flexibility index (Phi) is 5.74. The van der Waals surface area contributed by atoms with Crippen molar-refractivity contribution in [2.75, 3.05) is 17.8 Å². The fraction of sp³-hybridized carbons (Fsp3) is 0.320. The standard InChI is InChI=1S/C25H26N4O2S/c1-3-32-24-26-25-28(16-17-8-5-4-6-9-17)20-10-7-11-21(30)22(20)23(29(25)27-24)18-12-14-19(31-2)15-13-18/h4-6,8-9,12-15,23H,3,7,10-11,16H2,1-2H3. The Morgan fingerprint density at radius 3 is 2.59 bits per heavy atom. The maximum absolute atomic E-state index is 13.3. The van der Waals surface area contributed by atoms with Crippen LogP contribution in [0.3, 0.4) is 0 Å². The molecular formula is C25H26N4O2S. The minimum absolute atomic E-state index is 0.205. The monoisotopic (exact) mass is 446 g/mol. The topological polar surface area (TPSA) is 60.2 Å². The van der Waals surface area contributed by atoms with Crippen molar-refractivity contribution in [3.63, 3.8) is 0 Å². The molecule has 0 spiro atoms. The number of methoxy groups -OCH3 is 1. The van der Waals surface area contributed by atoms with Gasteiger partial charge in [0.05, 0.1) is 13.7 Å². The molecule has 0 N–H and O–H groups in total. The second kappa shape index (κ2) is 8.82. The Morgan fingerprint density at radius 2 is 1.88 bits per heavy atom. The fourth-order valence-electron chi connectivity index (χ4n) is 4.55. The van der Waals surface area contributed by atoms with E-state index in [0.717, 1.165) is 52.3 Å². The number of ether oxygens (including phenoxy) is 1. The molecule has 164 valence electrons. The number of hydrogen-bond acceptors (Lipinski definition) is 6. The largest absolute Gasteiger partial charge is 0.497 e. The summed E-state index contributed by atoms with van der Waals surface area (Å²) >= 11 is 1.62. The molecule has 32 heavy (non-hydrogen) atoms. The molecule has 1 unspecified atom stereocenters. The summed E-state index contributed by atoms with van der Waals surface area (Å²) in [6.45, 7) is 2.76. The van der Waals surface area contributed by atoms with Gasteiger partial charge in [-0.15, -0.1) is 5.10 Å². The van der Waals surface area contributed by atoms with Crippen LogP contribution in [0.1, 0.15) is 43.4 Å². The van der Waals surface area contributed by atoms with Crippen molar-refractivity contribution in [2.45, 2.75) is 43.9 Å². The number of rotatable bonds is 6. The van der Waals surface area contributed by atoms with E-state index in [1.807, 2.05) is 47.1 Å². The van der Waals surface area contributed by atoms with Crippen molar-refractivity contribution in [1.29, 1.82) is 0 Å². The number of aromatic nitrogens is 3. The molecule has 2 aromatic carbocycles. The summed E-state index contributed by atoms with van der Waals surface area (Å²) < 4.78 is 7.30. The molecule has 1 aromatic heterocycles. The van der Waals surface area contributed by atoms with Crippen LogP contribution < -0.4 is 9.64 Å². The van der Waals surface area contributed by atoms with Crippen LogP contribution in [0.5, 0.6) is 5.75 Å². The Labute approximate surface area is 192 Å². The molecule has 0 bridgehead atoms. The molecule has 1 aliphatic carbocycles. The summed E-state index contributed by atoms with van der Waals surface area (Å²) in [5, 5.41) is 5.61. The number of fused-ring (bicyclic) bond motifs is 1. The van der Waals surface area contributed by atoms with Crippen LogP contribution in [0.15, 0.2) is 71.0 Å². The summed E-state index contributed by atoms with van der Waals surface area (Å²) in [4.78, 5) is 20.4. The SMILES string of the molecule is CCSc1nc2n(n1)C(c1ccc(OC)cc1)C1=C(CCCC1=O)N2Cc1ccccc1. The maximum atomic E-state index is 13.3. The summed E-state index contributed by atoms with van der Waals surface area (Å²) in [6.07, 6.45) is 2.30. The Hall–Kier alpha value is -3.06. The van der Waals surface area contributed by atoms with Crippen LogP contribution in [0.4, 0.5) is 5.95 Å². The number of Topliss-reactive ketones (excluding diaryl/α,β-unsaturated/α-hetero) is 1. The number of benzene rings is 2. The van der Waals surface area contributed by atoms with Gasteiger partial charge in [-0.2, -0.15) is 4.98 Å². The first-order valence-electron chi connectivity index (χ1n) is 11.0. The van der Waals surface area contributed by atoms with Crippen molar-refractivity contribution < 1.29 is 9.53 Å². The lowest BCUT2D eigenvalue weighted by molar-refractivity contribution is -0.116. The van der Waals surface area contributed by atoms with Crippen molar-refractivity contribution in [2.24, 2.45) is 0 Å². The lowest BCUT2D eigenvalue weighted by Gasteiger charge is -2.39. The highest BCUT2D eigenvalue weighted by atomic mass is 32.2. The smallest absolute Gasteiger partial charge is 0.230 e. The first-order valence-corrected chi connectivity index (χ1v) is 12.0. The minimum atomic E-state index is -0.274. The maximum Gasteiger partial charge on any atom is 0.230 e. The number of thioether (sulfide) groups is 1. The molecule has 0 radical (unpaired) electrons. The second-order valence-corrected chi connectivity index (χ2v) is 9.19. The molecule has 7 heteroatoms. The van der Waals surface area contributed by atoms with E-state index in [1.54, 1.807) is 18.9 Å². The van der Waals surface area contributed by atoms with Gasteiger partial charge in [0, 0.05) is 17.7 Å². The summed E-state index contributed by atoms with van der Waals surface area (Å²) in [5.74, 6) is 2.69. The molecule has 0 fully saturated rings. The van der Waals surface area contributed by atoms with Crippen LogP contribution in [-0.2, 0) is 11.3 Å². The van der Waals surface area contributed by atoms with Crippen molar-refractivity contribution in [3.05, 3.63) is 77.0 Å². The van der Waals surface area contributed by atoms with Crippen LogP contribution in [0.25, 0.3) is 0 Å². The number of allylic oxidation sites excluding steroid dienone is 2. The first kappa shape index (κ1) is 20.8. The predicted octanol–water partition coefficient (Wildman–Crippen LogP) is 5.02. The molecule has 1 aliphatic heterocycles. The number of nitrogens with zero attached hydrogens (tertiary/aromatic N) is 4. The summed E-state index contributed by atoms with van der Waals surface area (Å²) in [6, 6.07) is 18.0. The quantitative estimate of drug-likeness (QED) is 0.496. The van der Waals surface area contributed by atoms with Crippen LogP contribution in [-0.4, -0.2) is 33.4 Å². The molecule has 2 aliphatic rings. The zero-order chi connectivity index (χ0) is 22.1. The molecular weight excluding hydrogens is 420 g/mol. The van der Waals surface area contributed by atoms with E-state index in [-0.39, 0.29) is 11.8 Å². The summed E-state index contributed by atoms with van der Waals surface area (Å²) in [7, 11) is 1.66. The number of carbonyl (C=O) groups excluding carboxylic acids is 1. The van der Waals surface area contributed by atoms with Crippen LogP contribution >= 0.6 is 11.8 Å². The number of hydrogen-bond donors (Lipinski definition) is 0. The highest BCUT2D eigenvalue weighted by Crippen LogP contribution is 2.44. The van der Waals surface area contributed by atoms with E-state index in [4.69, 9.17) is 14.8 Å². The van der Waals surface area contributed by atoms with Gasteiger partial charge >= 0.3 is 0 Å². The van der Waals surface area contributed by atoms with E-state index >= 15 is 0 Å². The number of anilines is 1. The number of ketones is 1. The predicted molar refractivity (Wildman–Crippen MR) is 126 cm³/mol. The first-order chi connectivity index (χ1) is 15.7. The molecule has 3 aromatic rings. The third-order valence-corrected chi connectivity index (χ3v) is 6.72. The third kappa shape index (κ3) is 3.71. The second-order valence-electron chi connectivity index (χ2n) is 7.96. The minimum Gasteiger partial charge on any atom is -0.497 e. The molecule has 0 saturated heterocycles. The molecule has 1 atom stereocenters. The molecule has 2 heterocycles. The highest BCUT2D eigenvalue weighted by Gasteiger charge is 2.40. The Balaban J connectivity index is 1.68. The van der Waals surface area contributed by atoms with Gasteiger partial charge in [0.2, 0.25) is 11.1 Å². The average molecular weight is 447 g/mol. The molecule has 0 saturated carbocycles. The Bertz CT molecular complexity index is 1150. The van der Waals surface area contributed by atoms with E-state index in [1.165, 1.54) is 5.56 Å². The van der Waals surface area contributed by atoms with Gasteiger partial charge < -0.3 is 9.64 Å². The zero-order valence-corrected chi connectivity index (χ0v) is 19.1. The lowest BCUT2D eigenvalue weighted by Crippen LogP contribution is -2.38. The Morgan fingerprint density at radius 1 is 1.09 bits per heavy atom. The van der Waals surface area contributed by atoms with Gasteiger partial charge in [0.1, 0.15) is 11.8 Å². The normalized spacial score (nSPS) is 17.9. The van der Waals surface area contributed by atoms with Gasteiger partial charge in [-0.3, -0.25) is 4.79 Å². The zero-order valence-electron chi connectivity index (χ0n) is 18.3. The van der Waals surface area contributed by atoms with Gasteiger partial charge in [0.15, 0.2) is 5.78 Å². The van der Waals surface area contributed by atoms with E-state index < -0.39 is 0 Å². The van der Waals surface area contributed by atoms with Crippen LogP contribution in [0, 0.1) is 0 Å². The van der Waals surface area contributed by atoms with Crippen molar-refractivity contribution >= 4 is 23.5 Å². The molecule has 6 nitrogen and oxygen atoms in total. The van der Waals surface area contributed by atoms with Gasteiger partial charge in [-0.25, -0.2) is 4.68 Å². The number of carbonyl (C=O) groups is 1. The third-order valence-electron chi connectivity index (χ3n) is 6.00. The van der Waals surface area contributed by atoms with Crippen molar-refractivity contribution in [1.82, 2.24) is 14.8 Å². The fourth-order valence-corrected chi connectivity index (χ4v) is 5.10. The van der Waals surface area contributed by atoms with E-state index in [0.29, 0.717) is 13.0 Å². The van der Waals surface area contributed by atoms with E-state index in [2.05, 4.69) is 24.0 Å². The van der Waals surface area contributed by atoms with E-state index in [9.17, 15) is 4.79 Å². The van der Waals surface area contributed by atoms with Crippen molar-refractivity contribution in [3.8, 4) is 5.75 Å². The summed E-state index contributed by atoms with van der Waals surface area (Å²) in [5.41, 5.74) is 4.13. The van der Waals surface area contributed by atoms with Gasteiger partial charge in [-0.05, 0) is 41.9 Å². The lowest BCUT2D eigenvalue weighted by atomic mass is 9.85. The van der Waals surface area contributed by atoms with Crippen LogP contribution in [0.2, 0.25) is 0 Å². The highest BCUT2D eigenvalue weighted by molar-refractivity contribution is 7.99.